The van der Waals surface area contributed by atoms with Crippen molar-refractivity contribution >= 4 is 11.1 Å². The van der Waals surface area contributed by atoms with Crippen molar-refractivity contribution in [2.24, 2.45) is 0 Å². The Balaban J connectivity index is 1.96. The van der Waals surface area contributed by atoms with Crippen LogP contribution in [0.3, 0.4) is 0 Å². The summed E-state index contributed by atoms with van der Waals surface area (Å²) in [7, 11) is 0. The molecule has 0 bridgehead atoms. The summed E-state index contributed by atoms with van der Waals surface area (Å²) in [6, 6.07) is 16.2. The SMILES string of the molecule is CC1=C(c2cc(F)cc(F)c2)C(c2ccc(C)cc2)Oc2cc(O)ccc21. The van der Waals surface area contributed by atoms with E-state index in [0.29, 0.717) is 16.9 Å². The predicted molar refractivity (Wildman–Crippen MR) is 102 cm³/mol. The normalized spacial score (nSPS) is 16.1. The van der Waals surface area contributed by atoms with E-state index in [1.54, 1.807) is 18.2 Å². The first-order chi connectivity index (χ1) is 12.9. The molecule has 0 radical (unpaired) electrons. The van der Waals surface area contributed by atoms with Crippen molar-refractivity contribution in [3.8, 4) is 11.5 Å². The van der Waals surface area contributed by atoms with E-state index in [1.807, 2.05) is 38.1 Å². The van der Waals surface area contributed by atoms with Gasteiger partial charge in [0.25, 0.3) is 0 Å². The van der Waals surface area contributed by atoms with Gasteiger partial charge in [-0.05, 0) is 54.8 Å². The Morgan fingerprint density at radius 2 is 1.52 bits per heavy atom. The van der Waals surface area contributed by atoms with Crippen molar-refractivity contribution in [3.05, 3.63) is 94.6 Å². The second kappa shape index (κ2) is 6.54. The smallest absolute Gasteiger partial charge is 0.150 e. The van der Waals surface area contributed by atoms with Gasteiger partial charge in [-0.1, -0.05) is 29.8 Å². The van der Waals surface area contributed by atoms with Crippen LogP contribution >= 0.6 is 0 Å². The highest BCUT2D eigenvalue weighted by molar-refractivity contribution is 5.95. The van der Waals surface area contributed by atoms with Crippen molar-refractivity contribution in [2.45, 2.75) is 20.0 Å². The second-order valence-corrected chi connectivity index (χ2v) is 6.79. The highest BCUT2D eigenvalue weighted by Gasteiger charge is 2.30. The van der Waals surface area contributed by atoms with Crippen LogP contribution in [-0.2, 0) is 0 Å². The second-order valence-electron chi connectivity index (χ2n) is 6.79. The van der Waals surface area contributed by atoms with E-state index in [9.17, 15) is 13.9 Å². The molecule has 0 fully saturated rings. The molecule has 1 unspecified atom stereocenters. The zero-order valence-corrected chi connectivity index (χ0v) is 15.0. The first kappa shape index (κ1) is 17.3. The Labute approximate surface area is 156 Å². The Morgan fingerprint density at radius 3 is 2.19 bits per heavy atom. The van der Waals surface area contributed by atoms with Crippen LogP contribution < -0.4 is 4.74 Å². The Morgan fingerprint density at radius 1 is 0.852 bits per heavy atom. The minimum atomic E-state index is -0.635. The Bertz CT molecular complexity index is 1030. The summed E-state index contributed by atoms with van der Waals surface area (Å²) in [5, 5.41) is 9.83. The molecular formula is C23H18F2O2. The summed E-state index contributed by atoms with van der Waals surface area (Å²) in [5.74, 6) is -0.628. The molecule has 0 amide bonds. The van der Waals surface area contributed by atoms with E-state index in [4.69, 9.17) is 4.74 Å². The number of hydrogen-bond donors (Lipinski definition) is 1. The molecule has 1 N–H and O–H groups in total. The van der Waals surface area contributed by atoms with E-state index >= 15 is 0 Å². The minimum Gasteiger partial charge on any atom is -0.508 e. The zero-order chi connectivity index (χ0) is 19.1. The minimum absolute atomic E-state index is 0.101. The molecule has 0 saturated heterocycles. The molecule has 0 aromatic heterocycles. The van der Waals surface area contributed by atoms with E-state index in [2.05, 4.69) is 0 Å². The molecule has 1 aliphatic heterocycles. The van der Waals surface area contributed by atoms with Gasteiger partial charge < -0.3 is 9.84 Å². The summed E-state index contributed by atoms with van der Waals surface area (Å²) in [6.45, 7) is 3.89. The number of ether oxygens (including phenoxy) is 1. The topological polar surface area (TPSA) is 29.5 Å². The number of hydrogen-bond acceptors (Lipinski definition) is 2. The number of phenolic OH excluding ortho intramolecular Hbond substituents is 1. The Hall–Kier alpha value is -3.14. The fraction of sp³-hybridized carbons (Fsp3) is 0.130. The first-order valence-corrected chi connectivity index (χ1v) is 8.66. The number of benzene rings is 3. The van der Waals surface area contributed by atoms with E-state index in [1.165, 1.54) is 12.1 Å². The third kappa shape index (κ3) is 3.19. The van der Waals surface area contributed by atoms with Gasteiger partial charge in [0.05, 0.1) is 0 Å². The summed E-state index contributed by atoms with van der Waals surface area (Å²) in [6.07, 6.45) is -0.541. The largest absolute Gasteiger partial charge is 0.508 e. The van der Waals surface area contributed by atoms with Gasteiger partial charge in [-0.25, -0.2) is 8.78 Å². The first-order valence-electron chi connectivity index (χ1n) is 8.66. The van der Waals surface area contributed by atoms with Gasteiger partial charge in [-0.3, -0.25) is 0 Å². The van der Waals surface area contributed by atoms with Gasteiger partial charge >= 0.3 is 0 Å². The lowest BCUT2D eigenvalue weighted by Crippen LogP contribution is -2.16. The van der Waals surface area contributed by atoms with Crippen LogP contribution in [0.4, 0.5) is 8.78 Å². The number of aryl methyl sites for hydroxylation is 1. The molecular weight excluding hydrogens is 346 g/mol. The van der Waals surface area contributed by atoms with Crippen LogP contribution in [-0.4, -0.2) is 5.11 Å². The van der Waals surface area contributed by atoms with E-state index in [-0.39, 0.29) is 5.75 Å². The molecule has 0 spiro atoms. The molecule has 1 heterocycles. The maximum absolute atomic E-state index is 13.9. The maximum Gasteiger partial charge on any atom is 0.150 e. The monoisotopic (exact) mass is 364 g/mol. The van der Waals surface area contributed by atoms with E-state index in [0.717, 1.165) is 28.3 Å². The summed E-state index contributed by atoms with van der Waals surface area (Å²) in [5.41, 5.74) is 4.76. The maximum atomic E-state index is 13.9. The van der Waals surface area contributed by atoms with Crippen molar-refractivity contribution < 1.29 is 18.6 Å². The van der Waals surface area contributed by atoms with Crippen molar-refractivity contribution in [3.63, 3.8) is 0 Å². The average molecular weight is 364 g/mol. The number of fused-ring (bicyclic) bond motifs is 1. The number of allylic oxidation sites excluding steroid dienone is 1. The molecule has 1 aliphatic rings. The number of phenols is 1. The van der Waals surface area contributed by atoms with Crippen LogP contribution in [0.5, 0.6) is 11.5 Å². The van der Waals surface area contributed by atoms with Crippen molar-refractivity contribution in [2.75, 3.05) is 0 Å². The van der Waals surface area contributed by atoms with Crippen molar-refractivity contribution in [1.82, 2.24) is 0 Å². The predicted octanol–water partition coefficient (Wildman–Crippen LogP) is 6.04. The lowest BCUT2D eigenvalue weighted by Gasteiger charge is -2.31. The fourth-order valence-electron chi connectivity index (χ4n) is 3.50. The lowest BCUT2D eigenvalue weighted by atomic mass is 9.86. The molecule has 1 atom stereocenters. The average Bonchev–Trinajstić information content (AvgIpc) is 2.61. The van der Waals surface area contributed by atoms with Crippen LogP contribution in [0.25, 0.3) is 11.1 Å². The Kier molecular flexibility index (Phi) is 4.19. The van der Waals surface area contributed by atoms with Crippen LogP contribution in [0.15, 0.2) is 60.7 Å². The third-order valence-corrected chi connectivity index (χ3v) is 4.83. The highest BCUT2D eigenvalue weighted by atomic mass is 19.1. The molecule has 4 heteroatoms. The number of aromatic hydroxyl groups is 1. The fourth-order valence-corrected chi connectivity index (χ4v) is 3.50. The van der Waals surface area contributed by atoms with Crippen LogP contribution in [0.1, 0.15) is 35.3 Å². The summed E-state index contributed by atoms with van der Waals surface area (Å²) < 4.78 is 34.0. The summed E-state index contributed by atoms with van der Waals surface area (Å²) >= 11 is 0. The zero-order valence-electron chi connectivity index (χ0n) is 15.0. The van der Waals surface area contributed by atoms with Crippen LogP contribution in [0.2, 0.25) is 0 Å². The molecule has 0 aliphatic carbocycles. The number of rotatable bonds is 2. The molecule has 3 aromatic carbocycles. The van der Waals surface area contributed by atoms with Gasteiger partial charge in [0.2, 0.25) is 0 Å². The molecule has 2 nitrogen and oxygen atoms in total. The molecule has 3 aromatic rings. The van der Waals surface area contributed by atoms with Gasteiger partial charge in [-0.15, -0.1) is 0 Å². The molecule has 0 saturated carbocycles. The van der Waals surface area contributed by atoms with Gasteiger partial charge in [0.1, 0.15) is 29.2 Å². The highest BCUT2D eigenvalue weighted by Crippen LogP contribution is 2.47. The molecule has 4 rings (SSSR count). The quantitative estimate of drug-likeness (QED) is 0.600. The standard InChI is InChI=1S/C23H18F2O2/c1-13-3-5-15(6-4-13)23-22(16-9-17(24)11-18(25)10-16)14(2)20-8-7-19(26)12-21(20)27-23/h3-12,23,26H,1-2H3. The summed E-state index contributed by atoms with van der Waals surface area (Å²) in [4.78, 5) is 0. The van der Waals surface area contributed by atoms with Crippen LogP contribution in [0, 0.1) is 18.6 Å². The third-order valence-electron chi connectivity index (χ3n) is 4.83. The molecule has 27 heavy (non-hydrogen) atoms. The van der Waals surface area contributed by atoms with Gasteiger partial charge in [0, 0.05) is 23.3 Å². The van der Waals surface area contributed by atoms with Crippen molar-refractivity contribution in [1.29, 1.82) is 0 Å². The van der Waals surface area contributed by atoms with E-state index < -0.39 is 17.7 Å². The molecule has 136 valence electrons. The lowest BCUT2D eigenvalue weighted by molar-refractivity contribution is 0.259. The van der Waals surface area contributed by atoms with Gasteiger partial charge in [-0.2, -0.15) is 0 Å². The van der Waals surface area contributed by atoms with Gasteiger partial charge in [0.15, 0.2) is 0 Å². The number of halogens is 2.